The van der Waals surface area contributed by atoms with Crippen molar-refractivity contribution in [2.75, 3.05) is 0 Å². The van der Waals surface area contributed by atoms with Crippen LogP contribution in [0.4, 0.5) is 0 Å². The molecule has 4 N–H and O–H groups in total. The first kappa shape index (κ1) is 7.55. The summed E-state index contributed by atoms with van der Waals surface area (Å²) < 4.78 is 0. The van der Waals surface area contributed by atoms with Crippen LogP contribution in [0.1, 0.15) is 0 Å². The molecule has 0 aromatic heterocycles. The van der Waals surface area contributed by atoms with Crippen molar-refractivity contribution in [2.24, 2.45) is 10.7 Å². The minimum Gasteiger partial charge on any atom is -0.368 e. The molecule has 0 aliphatic heterocycles. The summed E-state index contributed by atoms with van der Waals surface area (Å²) in [4.78, 5) is 3.34. The Morgan fingerprint density at radius 1 is 1.56 bits per heavy atom. The number of nitrogens with two attached hydrogens (primary N) is 1. The van der Waals surface area contributed by atoms with Crippen molar-refractivity contribution in [3.8, 4) is 0 Å². The lowest BCUT2D eigenvalue weighted by atomic mass is 10.4. The van der Waals surface area contributed by atoms with Gasteiger partial charge in [-0.05, 0) is 6.08 Å². The second-order valence-corrected chi connectivity index (χ2v) is 1.30. The number of aliphatic imine (C=N–C) groups is 1. The number of nitrogens with zero attached hydrogens (tertiary/aromatic N) is 1. The summed E-state index contributed by atoms with van der Waals surface area (Å²) in [6.07, 6.45) is 2.47. The molecule has 0 radical (unpaired) electrons. The maximum absolute atomic E-state index is 6.91. The summed E-state index contributed by atoms with van der Waals surface area (Å²) in [5.74, 6) is -0.304. The van der Waals surface area contributed by atoms with Crippen LogP contribution in [-0.4, -0.2) is 17.9 Å². The smallest absolute Gasteiger partial charge is 0.212 e. The fourth-order valence-electron chi connectivity index (χ4n) is 0.192. The van der Waals surface area contributed by atoms with Crippen molar-refractivity contribution in [1.29, 1.82) is 10.8 Å². The number of guanidine groups is 1. The van der Waals surface area contributed by atoms with Gasteiger partial charge in [-0.1, -0.05) is 6.58 Å². The van der Waals surface area contributed by atoms with Crippen LogP contribution in [0.25, 0.3) is 0 Å². The fourth-order valence-corrected chi connectivity index (χ4v) is 0.192. The Kier molecular flexibility index (Phi) is 2.97. The first-order valence-electron chi connectivity index (χ1n) is 2.26. The van der Waals surface area contributed by atoms with Crippen LogP contribution in [0.5, 0.6) is 0 Å². The van der Waals surface area contributed by atoms with Crippen LogP contribution >= 0.6 is 0 Å². The van der Waals surface area contributed by atoms with Crippen LogP contribution in [0, 0.1) is 10.8 Å². The molecule has 0 bridgehead atoms. The molecule has 0 aliphatic rings. The lowest BCUT2D eigenvalue weighted by Gasteiger charge is -1.83. The zero-order valence-electron chi connectivity index (χ0n) is 4.89. The van der Waals surface area contributed by atoms with E-state index < -0.39 is 0 Å². The maximum Gasteiger partial charge on any atom is 0.212 e. The number of allylic oxidation sites excluding steroid dienone is 1. The molecule has 0 spiro atoms. The summed E-state index contributed by atoms with van der Waals surface area (Å²) in [6.45, 7) is 3.31. The largest absolute Gasteiger partial charge is 0.368 e. The van der Waals surface area contributed by atoms with Crippen molar-refractivity contribution in [3.05, 3.63) is 12.7 Å². The lowest BCUT2D eigenvalue weighted by molar-refractivity contribution is 1.39. The Labute approximate surface area is 53.1 Å². The van der Waals surface area contributed by atoms with Gasteiger partial charge in [0.1, 0.15) is 0 Å². The highest BCUT2D eigenvalue weighted by molar-refractivity contribution is 6.35. The third kappa shape index (κ3) is 4.40. The fraction of sp³-hybridized carbons (Fsp3) is 0. The molecule has 0 amide bonds. The zero-order valence-corrected chi connectivity index (χ0v) is 4.89. The van der Waals surface area contributed by atoms with Gasteiger partial charge >= 0.3 is 0 Å². The molecule has 0 unspecified atom stereocenters. The second kappa shape index (κ2) is 3.54. The van der Waals surface area contributed by atoms with Gasteiger partial charge in [0.2, 0.25) is 5.96 Å². The average Bonchev–Trinajstić information content (AvgIpc) is 1.83. The summed E-state index contributed by atoms with van der Waals surface area (Å²) in [5, 5.41) is 13.5. The molecule has 0 fully saturated rings. The Balaban J connectivity index is 3.85. The van der Waals surface area contributed by atoms with E-state index in [-0.39, 0.29) is 11.7 Å². The van der Waals surface area contributed by atoms with Crippen LogP contribution in [0.3, 0.4) is 0 Å². The molecular weight excluding hydrogens is 116 g/mol. The van der Waals surface area contributed by atoms with Gasteiger partial charge < -0.3 is 5.73 Å². The van der Waals surface area contributed by atoms with E-state index in [1.54, 1.807) is 0 Å². The standard InChI is InChI=1S/C5H8N4/c1-2-4(6)3-9-5(7)8/h2-3,6H,1H2,(H3,7,8)/b6-4?,9-3-. The normalized spacial score (nSPS) is 9.33. The zero-order chi connectivity index (χ0) is 7.28. The van der Waals surface area contributed by atoms with Gasteiger partial charge in [0.15, 0.2) is 0 Å². The monoisotopic (exact) mass is 124 g/mol. The molecule has 0 heterocycles. The highest BCUT2D eigenvalue weighted by Crippen LogP contribution is 1.68. The van der Waals surface area contributed by atoms with Gasteiger partial charge in [0.25, 0.3) is 0 Å². The van der Waals surface area contributed by atoms with Gasteiger partial charge in [0, 0.05) is 0 Å². The van der Waals surface area contributed by atoms with Crippen molar-refractivity contribution < 1.29 is 0 Å². The molecular formula is C5H8N4. The summed E-state index contributed by atoms with van der Waals surface area (Å²) in [7, 11) is 0. The highest BCUT2D eigenvalue weighted by Gasteiger charge is 1.80. The molecule has 4 heteroatoms. The van der Waals surface area contributed by atoms with Gasteiger partial charge in [-0.3, -0.25) is 10.8 Å². The second-order valence-electron chi connectivity index (χ2n) is 1.30. The Bertz CT molecular complexity index is 168. The number of rotatable bonds is 2. The van der Waals surface area contributed by atoms with Gasteiger partial charge in [-0.2, -0.15) is 0 Å². The van der Waals surface area contributed by atoms with E-state index in [4.69, 9.17) is 16.6 Å². The molecule has 0 saturated heterocycles. The van der Waals surface area contributed by atoms with Crippen LogP contribution in [0.15, 0.2) is 17.6 Å². The number of hydrogen-bond donors (Lipinski definition) is 3. The van der Waals surface area contributed by atoms with Gasteiger partial charge in [-0.25, -0.2) is 4.99 Å². The van der Waals surface area contributed by atoms with Crippen molar-refractivity contribution in [2.45, 2.75) is 0 Å². The molecule has 4 nitrogen and oxygen atoms in total. The lowest BCUT2D eigenvalue weighted by Crippen LogP contribution is -2.07. The Morgan fingerprint density at radius 3 is 2.44 bits per heavy atom. The molecule has 0 aliphatic carbocycles. The van der Waals surface area contributed by atoms with Crippen molar-refractivity contribution in [3.63, 3.8) is 0 Å². The molecule has 0 aromatic carbocycles. The Hall–Kier alpha value is -1.45. The summed E-state index contributed by atoms with van der Waals surface area (Å²) >= 11 is 0. The Morgan fingerprint density at radius 2 is 2.11 bits per heavy atom. The quantitative estimate of drug-likeness (QED) is 0.355. The van der Waals surface area contributed by atoms with Gasteiger partial charge in [0.05, 0.1) is 11.9 Å². The molecule has 0 aromatic rings. The van der Waals surface area contributed by atoms with Crippen molar-refractivity contribution in [1.82, 2.24) is 0 Å². The average molecular weight is 124 g/mol. The minimum absolute atomic E-state index is 0.144. The topological polar surface area (TPSA) is 86.1 Å². The van der Waals surface area contributed by atoms with Crippen molar-refractivity contribution >= 4 is 17.9 Å². The highest BCUT2D eigenvalue weighted by atomic mass is 15.0. The van der Waals surface area contributed by atoms with Crippen LogP contribution in [0.2, 0.25) is 0 Å². The van der Waals surface area contributed by atoms with E-state index in [1.165, 1.54) is 6.08 Å². The molecule has 0 atom stereocenters. The predicted molar refractivity (Wildman–Crippen MR) is 38.3 cm³/mol. The molecule has 9 heavy (non-hydrogen) atoms. The van der Waals surface area contributed by atoms with Gasteiger partial charge in [-0.15, -0.1) is 0 Å². The number of nitrogens with one attached hydrogen (secondary N) is 2. The van der Waals surface area contributed by atoms with E-state index in [9.17, 15) is 0 Å². The molecule has 0 saturated carbocycles. The van der Waals surface area contributed by atoms with E-state index in [2.05, 4.69) is 11.6 Å². The van der Waals surface area contributed by atoms with E-state index in [0.717, 1.165) is 6.21 Å². The first-order valence-corrected chi connectivity index (χ1v) is 2.26. The first-order chi connectivity index (χ1) is 4.16. The summed E-state index contributed by atoms with van der Waals surface area (Å²) in [5.41, 5.74) is 4.99. The van der Waals surface area contributed by atoms with Crippen LogP contribution in [-0.2, 0) is 0 Å². The SMILES string of the molecule is C=CC(=N)/C=N\C(=N)N. The van der Waals surface area contributed by atoms with E-state index in [1.807, 2.05) is 0 Å². The maximum atomic E-state index is 6.91. The van der Waals surface area contributed by atoms with Crippen LogP contribution < -0.4 is 5.73 Å². The minimum atomic E-state index is -0.304. The van der Waals surface area contributed by atoms with E-state index >= 15 is 0 Å². The molecule has 48 valence electrons. The molecule has 0 rings (SSSR count). The van der Waals surface area contributed by atoms with E-state index in [0.29, 0.717) is 0 Å². The predicted octanol–water partition coefficient (Wildman–Crippen LogP) is 0.156. The number of hydrogen-bond acceptors (Lipinski definition) is 2. The third-order valence-corrected chi connectivity index (χ3v) is 0.563. The third-order valence-electron chi connectivity index (χ3n) is 0.563. The summed E-state index contributed by atoms with van der Waals surface area (Å²) in [6, 6.07) is 0.